The van der Waals surface area contributed by atoms with E-state index in [1.54, 1.807) is 0 Å². The molecule has 0 aliphatic carbocycles. The van der Waals surface area contributed by atoms with Gasteiger partial charge in [-0.15, -0.1) is 0 Å². The number of rotatable bonds is 13. The number of hydrogen-bond acceptors (Lipinski definition) is 0. The summed E-state index contributed by atoms with van der Waals surface area (Å²) in [6.07, 6.45) is 0. The van der Waals surface area contributed by atoms with Gasteiger partial charge in [0.05, 0.1) is 22.1 Å². The first kappa shape index (κ1) is 52.7. The van der Waals surface area contributed by atoms with Crippen LogP contribution in [0.15, 0.2) is 364 Å². The maximum Gasteiger partial charge on any atom is 0.180 e. The van der Waals surface area contributed by atoms with Crippen molar-refractivity contribution in [3.63, 3.8) is 0 Å². The molecule has 0 aliphatic heterocycles. The molecule has 414 valence electrons. The fourth-order valence-corrected chi connectivity index (χ4v) is 24.5. The highest BCUT2D eigenvalue weighted by atomic mass is 28.3. The number of hydrogen-bond donors (Lipinski definition) is 0. The third-order valence-corrected chi connectivity index (χ3v) is 27.9. The van der Waals surface area contributed by atoms with Crippen LogP contribution in [-0.2, 0) is 0 Å². The van der Waals surface area contributed by atoms with E-state index in [1.807, 2.05) is 0 Å². The van der Waals surface area contributed by atoms with Gasteiger partial charge in [-0.25, -0.2) is 0 Å². The lowest BCUT2D eigenvalue weighted by molar-refractivity contribution is 1.17. The standard InChI is InChI=1S/C84H60N2Si2/c1-8-29-61(30-9-1)64-35-24-46-72(57-64)87(68-38-14-4-15-39-68,73-47-25-36-65(58-73)62-31-10-2-11-32-62)74-48-26-37-66(59-74)85-79-56-55-67(86-78-51-23-22-49-76(78)83-75(50-27-52-80(83)86)63-33-12-3-13-34-63)60-77(79)84-81(85)53-28-54-82(84)88(69-40-16-5-17-41-69,70-42-18-6-19-43-70)71-44-20-7-21-45-71/h1-60H. The van der Waals surface area contributed by atoms with E-state index in [9.17, 15) is 0 Å². The van der Waals surface area contributed by atoms with Gasteiger partial charge in [-0.2, -0.15) is 0 Å². The Labute approximate surface area is 515 Å². The van der Waals surface area contributed by atoms with Gasteiger partial charge >= 0.3 is 0 Å². The first-order valence-corrected chi connectivity index (χ1v) is 34.5. The summed E-state index contributed by atoms with van der Waals surface area (Å²) in [5.41, 5.74) is 14.1. The van der Waals surface area contributed by atoms with Crippen molar-refractivity contribution >= 4 is 101 Å². The SMILES string of the molecule is c1ccc(-c2cccc([Si](c3ccccc3)(c3cccc(-c4ccccc4)c3)c3cccc(-n4c5ccc(-n6c7ccccc7c7c(-c8ccccc8)cccc76)cc5c5c([Si](c6ccccc6)(c6ccccc6)c6ccccc6)cccc54)c3)c2)cc1. The quantitative estimate of drug-likeness (QED) is 0.0804. The van der Waals surface area contributed by atoms with E-state index in [4.69, 9.17) is 0 Å². The van der Waals surface area contributed by atoms with Crippen LogP contribution in [0.1, 0.15) is 0 Å². The summed E-state index contributed by atoms with van der Waals surface area (Å²) in [6.45, 7) is 0. The molecule has 0 saturated heterocycles. The van der Waals surface area contributed by atoms with Gasteiger partial charge < -0.3 is 9.13 Å². The second kappa shape index (κ2) is 22.2. The largest absolute Gasteiger partial charge is 0.309 e. The highest BCUT2D eigenvalue weighted by Crippen LogP contribution is 2.41. The molecule has 4 heteroatoms. The lowest BCUT2D eigenvalue weighted by Crippen LogP contribution is -2.74. The summed E-state index contributed by atoms with van der Waals surface area (Å²) in [6, 6.07) is 137. The highest BCUT2D eigenvalue weighted by molar-refractivity contribution is 7.21. The molecular weight excluding hydrogens is 1090 g/mol. The predicted octanol–water partition coefficient (Wildman–Crippen LogP) is 15.6. The zero-order chi connectivity index (χ0) is 58.4. The fraction of sp³-hybridized carbons (Fsp3) is 0. The Morgan fingerprint density at radius 1 is 0.193 bits per heavy atom. The molecule has 0 saturated carbocycles. The van der Waals surface area contributed by atoms with Gasteiger partial charge in [-0.3, -0.25) is 0 Å². The van der Waals surface area contributed by atoms with Gasteiger partial charge in [-0.05, 0) is 123 Å². The molecule has 0 N–H and O–H groups in total. The number of fused-ring (bicyclic) bond motifs is 6. The summed E-state index contributed by atoms with van der Waals surface area (Å²) in [5.74, 6) is 0. The summed E-state index contributed by atoms with van der Waals surface area (Å²) in [7, 11) is -6.36. The number of para-hydroxylation sites is 1. The van der Waals surface area contributed by atoms with Crippen molar-refractivity contribution in [2.45, 2.75) is 0 Å². The minimum absolute atomic E-state index is 1.12. The third kappa shape index (κ3) is 8.59. The number of nitrogens with zero attached hydrogens (tertiary/aromatic N) is 2. The van der Waals surface area contributed by atoms with Crippen LogP contribution in [0.2, 0.25) is 0 Å². The lowest BCUT2D eigenvalue weighted by Gasteiger charge is -2.35. The van der Waals surface area contributed by atoms with Crippen molar-refractivity contribution in [3.05, 3.63) is 364 Å². The Morgan fingerprint density at radius 2 is 0.557 bits per heavy atom. The monoisotopic (exact) mass is 1150 g/mol. The third-order valence-electron chi connectivity index (χ3n) is 18.4. The van der Waals surface area contributed by atoms with Gasteiger partial charge in [0, 0.05) is 32.9 Å². The van der Waals surface area contributed by atoms with Crippen LogP contribution in [-0.4, -0.2) is 25.3 Å². The van der Waals surface area contributed by atoms with E-state index < -0.39 is 16.1 Å². The van der Waals surface area contributed by atoms with E-state index in [1.165, 1.54) is 113 Å². The Hall–Kier alpha value is -10.9. The molecule has 16 aromatic rings. The van der Waals surface area contributed by atoms with Crippen LogP contribution in [0.5, 0.6) is 0 Å². The molecule has 2 nitrogen and oxygen atoms in total. The lowest BCUT2D eigenvalue weighted by atomic mass is 9.99. The zero-order valence-electron chi connectivity index (χ0n) is 48.5. The second-order valence-electron chi connectivity index (χ2n) is 23.1. The summed E-state index contributed by atoms with van der Waals surface area (Å²) in [5, 5.41) is 15.6. The molecule has 0 bridgehead atoms. The zero-order valence-corrected chi connectivity index (χ0v) is 50.5. The molecule has 0 atom stereocenters. The molecule has 0 radical (unpaired) electrons. The van der Waals surface area contributed by atoms with Crippen LogP contribution in [0.4, 0.5) is 0 Å². The van der Waals surface area contributed by atoms with E-state index in [2.05, 4.69) is 373 Å². The van der Waals surface area contributed by atoms with Crippen molar-refractivity contribution in [1.82, 2.24) is 9.13 Å². The van der Waals surface area contributed by atoms with E-state index in [0.717, 1.165) is 16.9 Å². The molecule has 88 heavy (non-hydrogen) atoms. The summed E-state index contributed by atoms with van der Waals surface area (Å²) >= 11 is 0. The highest BCUT2D eigenvalue weighted by Gasteiger charge is 2.45. The van der Waals surface area contributed by atoms with Crippen LogP contribution in [0, 0.1) is 0 Å². The average molecular weight is 1150 g/mol. The van der Waals surface area contributed by atoms with Crippen LogP contribution < -0.4 is 41.5 Å². The van der Waals surface area contributed by atoms with Crippen LogP contribution in [0.3, 0.4) is 0 Å². The molecule has 2 aromatic heterocycles. The van der Waals surface area contributed by atoms with Crippen molar-refractivity contribution in [2.24, 2.45) is 0 Å². The Balaban J connectivity index is 1.02. The van der Waals surface area contributed by atoms with E-state index in [0.29, 0.717) is 0 Å². The Kier molecular flexibility index (Phi) is 13.3. The number of benzene rings is 14. The van der Waals surface area contributed by atoms with E-state index in [-0.39, 0.29) is 0 Å². The minimum Gasteiger partial charge on any atom is -0.309 e. The first-order valence-electron chi connectivity index (χ1n) is 30.5. The van der Waals surface area contributed by atoms with Gasteiger partial charge in [0.15, 0.2) is 16.1 Å². The molecule has 0 spiro atoms. The molecular formula is C84H60N2Si2. The molecule has 16 rings (SSSR count). The molecule has 0 amide bonds. The number of aromatic nitrogens is 2. The van der Waals surface area contributed by atoms with Crippen molar-refractivity contribution in [2.75, 3.05) is 0 Å². The molecule has 14 aromatic carbocycles. The smallest absolute Gasteiger partial charge is 0.180 e. The Morgan fingerprint density at radius 3 is 1.09 bits per heavy atom. The maximum absolute atomic E-state index is 3.22. The normalized spacial score (nSPS) is 11.9. The molecule has 0 unspecified atom stereocenters. The predicted molar refractivity (Wildman–Crippen MR) is 379 cm³/mol. The summed E-state index contributed by atoms with van der Waals surface area (Å²) < 4.78 is 5.10. The van der Waals surface area contributed by atoms with Gasteiger partial charge in [0.1, 0.15) is 0 Å². The topological polar surface area (TPSA) is 9.86 Å². The van der Waals surface area contributed by atoms with Crippen molar-refractivity contribution in [1.29, 1.82) is 0 Å². The molecule has 0 aliphatic rings. The summed E-state index contributed by atoms with van der Waals surface area (Å²) in [4.78, 5) is 0. The molecule has 0 fully saturated rings. The van der Waals surface area contributed by atoms with Crippen molar-refractivity contribution in [3.8, 4) is 44.8 Å². The van der Waals surface area contributed by atoms with Gasteiger partial charge in [0.25, 0.3) is 0 Å². The van der Waals surface area contributed by atoms with Crippen LogP contribution >= 0.6 is 0 Å². The fourth-order valence-electron chi connectivity index (χ4n) is 14.7. The minimum atomic E-state index is -3.22. The average Bonchev–Trinajstić information content (AvgIpc) is 1.46. The molecule has 2 heterocycles. The van der Waals surface area contributed by atoms with Crippen molar-refractivity contribution < 1.29 is 0 Å². The van der Waals surface area contributed by atoms with Gasteiger partial charge in [0.2, 0.25) is 0 Å². The van der Waals surface area contributed by atoms with E-state index >= 15 is 0 Å². The van der Waals surface area contributed by atoms with Crippen LogP contribution in [0.25, 0.3) is 88.4 Å². The van der Waals surface area contributed by atoms with Gasteiger partial charge in [-0.1, -0.05) is 315 Å². The first-order chi connectivity index (χ1) is 43.7. The second-order valence-corrected chi connectivity index (χ2v) is 30.6. The maximum atomic E-state index is 2.59. The Bertz CT molecular complexity index is 5000.